The molecule has 4 aromatic rings. The molecule has 0 radical (unpaired) electrons. The molecule has 5 heterocycles. The lowest BCUT2D eigenvalue weighted by Crippen LogP contribution is -2.43. The molecule has 0 saturated carbocycles. The maximum Gasteiger partial charge on any atom is 0.320 e. The maximum absolute atomic E-state index is 13.8. The highest BCUT2D eigenvalue weighted by Gasteiger charge is 2.41. The van der Waals surface area contributed by atoms with Gasteiger partial charge in [0.25, 0.3) is 6.47 Å². The molecule has 8 rings (SSSR count). The number of aliphatic imine (C=N–C) groups is 1. The second-order valence-electron chi connectivity index (χ2n) is 17.1. The SMILES string of the molecule is C[C@H]1CCCCN1c1nnc2ccc(O[C@@H]3CC[C@H](NC(=O)NC(C=C(N)C(C)(C)C)=Nc4cccc(CN5C[C@@H]6C[C@H]5CN6C)c4)c4ccccc43)cn12.O=CO. The number of likely N-dealkylation sites (tertiary alicyclic amines) is 2. The van der Waals surface area contributed by atoms with Crippen LogP contribution in [0, 0.1) is 5.41 Å². The highest BCUT2D eigenvalue weighted by Crippen LogP contribution is 2.39. The van der Waals surface area contributed by atoms with Crippen molar-refractivity contribution in [2.75, 3.05) is 31.6 Å². The van der Waals surface area contributed by atoms with E-state index in [4.69, 9.17) is 25.4 Å². The number of urea groups is 1. The minimum atomic E-state index is -0.332. The van der Waals surface area contributed by atoms with E-state index in [9.17, 15) is 4.79 Å². The Bertz CT molecular complexity index is 2140. The van der Waals surface area contributed by atoms with E-state index in [1.807, 2.05) is 67.8 Å². The van der Waals surface area contributed by atoms with Gasteiger partial charge >= 0.3 is 6.03 Å². The Kier molecular flexibility index (Phi) is 12.3. The Balaban J connectivity index is 0.00000166. The van der Waals surface area contributed by atoms with Crippen molar-refractivity contribution < 1.29 is 19.4 Å². The summed E-state index contributed by atoms with van der Waals surface area (Å²) in [6.45, 7) is 12.2. The topological polar surface area (TPSA) is 166 Å². The lowest BCUT2D eigenvalue weighted by molar-refractivity contribution is -0.122. The molecule has 2 aromatic carbocycles. The van der Waals surface area contributed by atoms with E-state index in [0.29, 0.717) is 36.1 Å². The molecule has 308 valence electrons. The third-order valence-electron chi connectivity index (χ3n) is 12.0. The second-order valence-corrected chi connectivity index (χ2v) is 17.1. The van der Waals surface area contributed by atoms with Gasteiger partial charge in [0, 0.05) is 61.5 Å². The van der Waals surface area contributed by atoms with Crippen molar-refractivity contribution in [3.63, 3.8) is 0 Å². The number of piperazine rings is 1. The minimum absolute atomic E-state index is 0.167. The number of amides is 2. The van der Waals surface area contributed by atoms with Crippen molar-refractivity contribution in [2.24, 2.45) is 16.1 Å². The van der Waals surface area contributed by atoms with E-state index in [1.54, 1.807) is 6.08 Å². The first-order chi connectivity index (χ1) is 27.9. The number of ether oxygens (including phenoxy) is 1. The maximum atomic E-state index is 13.8. The van der Waals surface area contributed by atoms with Crippen molar-refractivity contribution in [1.82, 2.24) is 35.0 Å². The monoisotopic (exact) mass is 790 g/mol. The zero-order valence-corrected chi connectivity index (χ0v) is 34.3. The van der Waals surface area contributed by atoms with Gasteiger partial charge in [-0.3, -0.25) is 19.4 Å². The number of allylic oxidation sites excluding steroid dienone is 1. The van der Waals surface area contributed by atoms with E-state index < -0.39 is 0 Å². The molecule has 0 unspecified atom stereocenters. The number of likely N-dealkylation sites (N-methyl/N-ethyl adjacent to an activating group) is 1. The quantitative estimate of drug-likeness (QED) is 0.0872. The highest BCUT2D eigenvalue weighted by atomic mass is 16.5. The average molecular weight is 791 g/mol. The lowest BCUT2D eigenvalue weighted by Gasteiger charge is -2.33. The molecule has 2 amide bonds. The van der Waals surface area contributed by atoms with Crippen molar-refractivity contribution in [3.8, 4) is 5.75 Å². The number of nitrogens with zero attached hydrogens (tertiary/aromatic N) is 7. The molecule has 3 saturated heterocycles. The molecule has 58 heavy (non-hydrogen) atoms. The number of nitrogens with two attached hydrogens (primary N) is 1. The van der Waals surface area contributed by atoms with Gasteiger partial charge in [0.05, 0.1) is 17.9 Å². The van der Waals surface area contributed by atoms with E-state index in [2.05, 4.69) is 73.8 Å². The summed E-state index contributed by atoms with van der Waals surface area (Å²) in [7, 11) is 2.23. The molecule has 2 aromatic heterocycles. The third-order valence-corrected chi connectivity index (χ3v) is 12.0. The fourth-order valence-electron chi connectivity index (χ4n) is 8.72. The smallest absolute Gasteiger partial charge is 0.320 e. The number of pyridine rings is 1. The number of rotatable bonds is 8. The summed E-state index contributed by atoms with van der Waals surface area (Å²) < 4.78 is 8.74. The van der Waals surface area contributed by atoms with Crippen LogP contribution in [0.3, 0.4) is 0 Å². The van der Waals surface area contributed by atoms with Crippen LogP contribution in [0.4, 0.5) is 16.4 Å². The molecule has 3 fully saturated rings. The predicted molar refractivity (Wildman–Crippen MR) is 226 cm³/mol. The zero-order chi connectivity index (χ0) is 41.0. The second kappa shape index (κ2) is 17.6. The van der Waals surface area contributed by atoms with Gasteiger partial charge in [-0.05, 0) is 93.5 Å². The molecule has 4 aliphatic rings. The standard InChI is InChI=1S/C43H56N10O2.CH2O2/c1-28-11-8-9-20-52(28)42-49-48-40-19-16-33(27-53(40)42)55-37-18-17-36(34-14-6-7-15-35(34)37)46-41(54)47-39(23-38(44)43(2,3)4)45-30-13-10-12-29(21-30)24-51-26-31-22-32(51)25-50(31)5;2-1-3/h6-7,10,12-16,19,21,23,27-28,31-32,36-37H,8-9,11,17-18,20,22,24-26,44H2,1-5H3,(H2,45,46,47,54);1H,(H,2,3)/t28-,31-,32-,36-,37+;/m0./s1. The number of hydrogen-bond acceptors (Lipinski definition) is 10. The number of anilines is 1. The van der Waals surface area contributed by atoms with Gasteiger partial charge in [0.2, 0.25) is 5.95 Å². The molecule has 0 spiro atoms. The van der Waals surface area contributed by atoms with Crippen LogP contribution in [0.2, 0.25) is 0 Å². The molecular weight excluding hydrogens is 733 g/mol. The number of hydrogen-bond donors (Lipinski definition) is 4. The van der Waals surface area contributed by atoms with Crippen LogP contribution in [-0.4, -0.2) is 92.7 Å². The van der Waals surface area contributed by atoms with Crippen LogP contribution < -0.4 is 26.0 Å². The van der Waals surface area contributed by atoms with Crippen LogP contribution in [0.15, 0.2) is 83.6 Å². The lowest BCUT2D eigenvalue weighted by atomic mass is 9.85. The molecule has 14 heteroatoms. The molecule has 2 bridgehead atoms. The molecule has 3 aliphatic heterocycles. The van der Waals surface area contributed by atoms with E-state index >= 15 is 0 Å². The largest absolute Gasteiger partial charge is 0.484 e. The van der Waals surface area contributed by atoms with Gasteiger partial charge in [-0.15, -0.1) is 10.2 Å². The van der Waals surface area contributed by atoms with Crippen LogP contribution in [0.5, 0.6) is 5.75 Å². The van der Waals surface area contributed by atoms with E-state index in [1.165, 1.54) is 18.4 Å². The summed E-state index contributed by atoms with van der Waals surface area (Å²) in [4.78, 5) is 34.5. The van der Waals surface area contributed by atoms with Gasteiger partial charge in [0.1, 0.15) is 17.7 Å². The first-order valence-corrected chi connectivity index (χ1v) is 20.5. The van der Waals surface area contributed by atoms with Crippen LogP contribution >= 0.6 is 0 Å². The number of nitrogens with one attached hydrogen (secondary N) is 2. The van der Waals surface area contributed by atoms with Crippen molar-refractivity contribution in [2.45, 2.75) is 103 Å². The van der Waals surface area contributed by atoms with Crippen molar-refractivity contribution in [1.29, 1.82) is 0 Å². The number of carboxylic acid groups (broad SMARTS) is 1. The Labute approximate surface area is 341 Å². The number of piperidine rings is 1. The number of amidine groups is 1. The highest BCUT2D eigenvalue weighted by molar-refractivity contribution is 6.05. The Hall–Kier alpha value is -5.47. The first kappa shape index (κ1) is 40.7. The summed E-state index contributed by atoms with van der Waals surface area (Å²) >= 11 is 0. The van der Waals surface area contributed by atoms with Gasteiger partial charge < -0.3 is 30.7 Å². The third kappa shape index (κ3) is 9.29. The van der Waals surface area contributed by atoms with Gasteiger partial charge in [0.15, 0.2) is 5.65 Å². The minimum Gasteiger partial charge on any atom is -0.484 e. The fraction of sp³-hybridized carbons (Fsp3) is 0.477. The summed E-state index contributed by atoms with van der Waals surface area (Å²) in [6.07, 6.45) is 9.86. The fourth-order valence-corrected chi connectivity index (χ4v) is 8.72. The summed E-state index contributed by atoms with van der Waals surface area (Å²) in [5.41, 5.74) is 11.8. The van der Waals surface area contributed by atoms with E-state index in [-0.39, 0.29) is 30.1 Å². The van der Waals surface area contributed by atoms with Crippen LogP contribution in [0.1, 0.15) is 95.1 Å². The predicted octanol–water partition coefficient (Wildman–Crippen LogP) is 6.57. The number of carbonyl (C=O) groups is 2. The van der Waals surface area contributed by atoms with Crippen molar-refractivity contribution in [3.05, 3.63) is 95.3 Å². The first-order valence-electron chi connectivity index (χ1n) is 20.5. The van der Waals surface area contributed by atoms with Crippen molar-refractivity contribution >= 4 is 35.6 Å². The van der Waals surface area contributed by atoms with Crippen LogP contribution in [-0.2, 0) is 11.3 Å². The summed E-state index contributed by atoms with van der Waals surface area (Å²) in [6, 6.07) is 21.6. The van der Waals surface area contributed by atoms with E-state index in [0.717, 1.165) is 79.6 Å². The molecule has 14 nitrogen and oxygen atoms in total. The Morgan fingerprint density at radius 3 is 2.53 bits per heavy atom. The number of carbonyl (C=O) groups excluding carboxylic acids is 1. The van der Waals surface area contributed by atoms with Gasteiger partial charge in [-0.1, -0.05) is 57.2 Å². The van der Waals surface area contributed by atoms with Gasteiger partial charge in [-0.25, -0.2) is 9.79 Å². The zero-order valence-electron chi connectivity index (χ0n) is 34.3. The molecule has 5 atom stereocenters. The Morgan fingerprint density at radius 2 is 1.81 bits per heavy atom. The summed E-state index contributed by atoms with van der Waals surface area (Å²) in [5, 5.41) is 22.2. The number of aromatic nitrogens is 3. The normalized spacial score (nSPS) is 23.9. The van der Waals surface area contributed by atoms with Gasteiger partial charge in [-0.2, -0.15) is 0 Å². The number of fused-ring (bicyclic) bond motifs is 4. The Morgan fingerprint density at radius 1 is 1.02 bits per heavy atom. The number of benzene rings is 2. The van der Waals surface area contributed by atoms with Crippen LogP contribution in [0.25, 0.3) is 5.65 Å². The molecule has 1 aliphatic carbocycles. The molecular formula is C44H58N10O4. The molecule has 5 N–H and O–H groups in total. The average Bonchev–Trinajstić information content (AvgIpc) is 3.90. The summed E-state index contributed by atoms with van der Waals surface area (Å²) in [5.74, 6) is 2.02.